The zero-order valence-corrected chi connectivity index (χ0v) is 25.4. The molecule has 0 saturated heterocycles. The van der Waals surface area contributed by atoms with Crippen LogP contribution in [-0.4, -0.2) is 26.4 Å². The van der Waals surface area contributed by atoms with Crippen LogP contribution in [-0.2, 0) is 5.41 Å². The highest BCUT2D eigenvalue weighted by Gasteiger charge is 2.41. The van der Waals surface area contributed by atoms with Crippen LogP contribution in [0.25, 0.3) is 5.82 Å². The highest BCUT2D eigenvalue weighted by Crippen LogP contribution is 2.48. The number of anilines is 2. The molecular formula is C36H35N7. The summed E-state index contributed by atoms with van der Waals surface area (Å²) in [5.74, 6) is 2.92. The monoisotopic (exact) mass is 565 g/mol. The molecule has 43 heavy (non-hydrogen) atoms. The highest BCUT2D eigenvalue weighted by atomic mass is 15.4. The standard InChI is InChI=1S/C36H35N7/c1-22-14-19-27(21-23(22)2)38-33-35-40-34-31(24(3)41-43(34)30-13-9-10-20-37-30)32(25-15-17-26(18-16-25)36(4,5)6)42(35)29-12-8-7-11-28(29)39-33/h7-21,32H,1-6H3,(H,38,39). The summed E-state index contributed by atoms with van der Waals surface area (Å²) in [5.41, 5.74) is 9.80. The zero-order valence-electron chi connectivity index (χ0n) is 25.4. The summed E-state index contributed by atoms with van der Waals surface area (Å²) >= 11 is 0. The van der Waals surface area contributed by atoms with Gasteiger partial charge in [-0.3, -0.25) is 0 Å². The first-order valence-electron chi connectivity index (χ1n) is 14.7. The Kier molecular flexibility index (Phi) is 6.27. The smallest absolute Gasteiger partial charge is 0.179 e. The maximum atomic E-state index is 5.32. The maximum Gasteiger partial charge on any atom is 0.179 e. The van der Waals surface area contributed by atoms with Crippen LogP contribution in [0.1, 0.15) is 60.3 Å². The van der Waals surface area contributed by atoms with Crippen LogP contribution < -0.4 is 10.2 Å². The second-order valence-corrected chi connectivity index (χ2v) is 12.4. The molecule has 1 atom stereocenters. The molecule has 2 aliphatic rings. The van der Waals surface area contributed by atoms with E-state index in [1.165, 1.54) is 16.7 Å². The molecule has 0 saturated carbocycles. The van der Waals surface area contributed by atoms with Crippen molar-refractivity contribution in [1.82, 2.24) is 14.8 Å². The molecule has 0 amide bonds. The molecule has 5 aromatic rings. The van der Waals surface area contributed by atoms with E-state index in [9.17, 15) is 0 Å². The van der Waals surface area contributed by atoms with Crippen molar-refractivity contribution in [3.63, 3.8) is 0 Å². The van der Waals surface area contributed by atoms with Crippen LogP contribution in [0.2, 0.25) is 0 Å². The number of nitrogens with one attached hydrogen (secondary N) is 1. The first-order valence-corrected chi connectivity index (χ1v) is 14.7. The third kappa shape index (κ3) is 4.61. The molecule has 0 bridgehead atoms. The topological polar surface area (TPSA) is 70.7 Å². The Morgan fingerprint density at radius 2 is 1.56 bits per heavy atom. The van der Waals surface area contributed by atoms with E-state index in [0.717, 1.165) is 51.4 Å². The van der Waals surface area contributed by atoms with Crippen LogP contribution in [0.4, 0.5) is 22.9 Å². The van der Waals surface area contributed by atoms with Gasteiger partial charge in [-0.15, -0.1) is 0 Å². The molecule has 0 spiro atoms. The Hall–Kier alpha value is -5.04. The van der Waals surface area contributed by atoms with E-state index < -0.39 is 0 Å². The van der Waals surface area contributed by atoms with Gasteiger partial charge in [-0.05, 0) is 84.8 Å². The molecule has 2 aromatic heterocycles. The lowest BCUT2D eigenvalue weighted by atomic mass is 9.85. The van der Waals surface area contributed by atoms with Gasteiger partial charge in [-0.1, -0.05) is 69.3 Å². The number of aliphatic imine (C=N–C) groups is 2. The van der Waals surface area contributed by atoms with Crippen molar-refractivity contribution < 1.29 is 0 Å². The van der Waals surface area contributed by atoms with Crippen molar-refractivity contribution in [3.8, 4) is 5.82 Å². The summed E-state index contributed by atoms with van der Waals surface area (Å²) in [6, 6.07) is 29.3. The molecule has 0 radical (unpaired) electrons. The summed E-state index contributed by atoms with van der Waals surface area (Å²) in [6.07, 6.45) is 1.79. The number of benzene rings is 3. The van der Waals surface area contributed by atoms with E-state index in [4.69, 9.17) is 15.1 Å². The van der Waals surface area contributed by atoms with Gasteiger partial charge < -0.3 is 10.2 Å². The third-order valence-corrected chi connectivity index (χ3v) is 8.37. The number of para-hydroxylation sites is 2. The predicted molar refractivity (Wildman–Crippen MR) is 176 cm³/mol. The fourth-order valence-corrected chi connectivity index (χ4v) is 5.87. The van der Waals surface area contributed by atoms with Gasteiger partial charge in [-0.2, -0.15) is 9.78 Å². The second kappa shape index (κ2) is 10.1. The Labute approximate surface area is 252 Å². The summed E-state index contributed by atoms with van der Waals surface area (Å²) in [6.45, 7) is 13.0. The van der Waals surface area contributed by atoms with Gasteiger partial charge in [0.25, 0.3) is 0 Å². The van der Waals surface area contributed by atoms with Gasteiger partial charge in [0.1, 0.15) is 0 Å². The third-order valence-electron chi connectivity index (χ3n) is 8.37. The quantitative estimate of drug-likeness (QED) is 0.239. The van der Waals surface area contributed by atoms with Gasteiger partial charge in [0, 0.05) is 17.4 Å². The van der Waals surface area contributed by atoms with Crippen molar-refractivity contribution in [3.05, 3.63) is 125 Å². The molecule has 7 nitrogen and oxygen atoms in total. The number of amidine groups is 2. The fourth-order valence-electron chi connectivity index (χ4n) is 5.87. The lowest BCUT2D eigenvalue weighted by Crippen LogP contribution is -2.46. The number of aromatic nitrogens is 3. The van der Waals surface area contributed by atoms with E-state index in [-0.39, 0.29) is 11.5 Å². The number of rotatable bonds is 3. The molecule has 1 N–H and O–H groups in total. The number of aryl methyl sites for hydroxylation is 3. The van der Waals surface area contributed by atoms with Crippen molar-refractivity contribution in [1.29, 1.82) is 0 Å². The van der Waals surface area contributed by atoms with Gasteiger partial charge in [0.15, 0.2) is 23.3 Å². The van der Waals surface area contributed by atoms with Gasteiger partial charge >= 0.3 is 0 Å². The molecule has 7 heteroatoms. The molecular weight excluding hydrogens is 530 g/mol. The largest absolute Gasteiger partial charge is 0.337 e. The average Bonchev–Trinajstić information content (AvgIpc) is 3.34. The van der Waals surface area contributed by atoms with Crippen LogP contribution in [0.15, 0.2) is 101 Å². The Morgan fingerprint density at radius 1 is 0.791 bits per heavy atom. The first-order chi connectivity index (χ1) is 20.7. The molecule has 4 heterocycles. The van der Waals surface area contributed by atoms with Crippen molar-refractivity contribution in [2.45, 2.75) is 53.0 Å². The normalized spacial score (nSPS) is 15.7. The van der Waals surface area contributed by atoms with Crippen LogP contribution in [0, 0.1) is 20.8 Å². The first kappa shape index (κ1) is 26.8. The van der Waals surface area contributed by atoms with Gasteiger partial charge in [0.05, 0.1) is 23.1 Å². The van der Waals surface area contributed by atoms with E-state index in [2.05, 4.69) is 117 Å². The maximum absolute atomic E-state index is 5.32. The summed E-state index contributed by atoms with van der Waals surface area (Å²) in [7, 11) is 0. The average molecular weight is 566 g/mol. The van der Waals surface area contributed by atoms with Crippen molar-refractivity contribution in [2.24, 2.45) is 9.98 Å². The van der Waals surface area contributed by atoms with Gasteiger partial charge in [0.2, 0.25) is 0 Å². The Morgan fingerprint density at radius 3 is 2.28 bits per heavy atom. The minimum atomic E-state index is -0.179. The van der Waals surface area contributed by atoms with Crippen LogP contribution in [0.3, 0.4) is 0 Å². The van der Waals surface area contributed by atoms with E-state index >= 15 is 0 Å². The van der Waals surface area contributed by atoms with Crippen molar-refractivity contribution in [2.75, 3.05) is 10.2 Å². The van der Waals surface area contributed by atoms with E-state index in [1.807, 2.05) is 28.9 Å². The SMILES string of the molecule is Cc1ccc(NC2=Nc3ccccc3N3C2=Nc2c(c(C)nn2-c2ccccn2)C3c2ccc(C(C)(C)C)cc2)cc1C. The number of pyridine rings is 1. The zero-order chi connectivity index (χ0) is 29.9. The lowest BCUT2D eigenvalue weighted by Gasteiger charge is -2.40. The Bertz CT molecular complexity index is 1910. The number of nitrogens with zero attached hydrogens (tertiary/aromatic N) is 6. The summed E-state index contributed by atoms with van der Waals surface area (Å²) in [5, 5.41) is 8.62. The molecule has 7 rings (SSSR count). The van der Waals surface area contributed by atoms with Crippen LogP contribution in [0.5, 0.6) is 0 Å². The van der Waals surface area contributed by atoms with Crippen LogP contribution >= 0.6 is 0 Å². The number of hydrogen-bond donors (Lipinski definition) is 1. The molecule has 0 fully saturated rings. The molecule has 3 aromatic carbocycles. The van der Waals surface area contributed by atoms with E-state index in [0.29, 0.717) is 5.84 Å². The summed E-state index contributed by atoms with van der Waals surface area (Å²) < 4.78 is 1.86. The molecule has 214 valence electrons. The summed E-state index contributed by atoms with van der Waals surface area (Å²) in [4.78, 5) is 17.4. The van der Waals surface area contributed by atoms with E-state index in [1.54, 1.807) is 6.20 Å². The lowest BCUT2D eigenvalue weighted by molar-refractivity contribution is 0.589. The predicted octanol–water partition coefficient (Wildman–Crippen LogP) is 8.29. The number of hydrogen-bond acceptors (Lipinski definition) is 6. The second-order valence-electron chi connectivity index (χ2n) is 12.4. The minimum Gasteiger partial charge on any atom is -0.337 e. The molecule has 1 unspecified atom stereocenters. The number of fused-ring (bicyclic) bond motifs is 4. The minimum absolute atomic E-state index is 0.0519. The van der Waals surface area contributed by atoms with Gasteiger partial charge in [-0.25, -0.2) is 15.0 Å². The fraction of sp³-hybridized carbons (Fsp3) is 0.222. The molecule has 2 aliphatic heterocycles. The highest BCUT2D eigenvalue weighted by molar-refractivity contribution is 6.51. The molecule has 0 aliphatic carbocycles. The Balaban J connectivity index is 1.47. The van der Waals surface area contributed by atoms with Crippen molar-refractivity contribution >= 4 is 34.6 Å².